The number of halogens is 1. The molecule has 3 aromatic carbocycles. The molecule has 35 heavy (non-hydrogen) atoms. The van der Waals surface area contributed by atoms with E-state index in [2.05, 4.69) is 5.32 Å². The van der Waals surface area contributed by atoms with Gasteiger partial charge in [0.2, 0.25) is 0 Å². The summed E-state index contributed by atoms with van der Waals surface area (Å²) in [5.41, 5.74) is 1.82. The molecule has 3 amide bonds. The molecule has 0 radical (unpaired) electrons. The molecule has 178 valence electrons. The lowest BCUT2D eigenvalue weighted by molar-refractivity contribution is -0.144. The van der Waals surface area contributed by atoms with E-state index in [0.717, 1.165) is 10.5 Å². The molecule has 1 atom stereocenters. The summed E-state index contributed by atoms with van der Waals surface area (Å²) in [6.07, 6.45) is 0.215. The van der Waals surface area contributed by atoms with E-state index in [-0.39, 0.29) is 31.4 Å². The van der Waals surface area contributed by atoms with E-state index in [9.17, 15) is 19.2 Å². The van der Waals surface area contributed by atoms with Gasteiger partial charge in [-0.15, -0.1) is 0 Å². The minimum absolute atomic E-state index is 0.0339. The molecule has 0 saturated carbocycles. The Bertz CT molecular complexity index is 1230. The average molecular weight is 491 g/mol. The molecule has 0 aliphatic carbocycles. The normalized spacial score (nSPS) is 13.3. The first kappa shape index (κ1) is 24.2. The molecule has 0 aromatic heterocycles. The molecular weight excluding hydrogens is 468 g/mol. The van der Waals surface area contributed by atoms with Crippen molar-refractivity contribution in [2.24, 2.45) is 0 Å². The van der Waals surface area contributed by atoms with Crippen LogP contribution in [-0.4, -0.2) is 41.7 Å². The molecule has 7 nitrogen and oxygen atoms in total. The lowest BCUT2D eigenvalue weighted by Gasteiger charge is -2.19. The summed E-state index contributed by atoms with van der Waals surface area (Å²) in [6, 6.07) is 21.8. The van der Waals surface area contributed by atoms with Crippen LogP contribution in [0.4, 0.5) is 0 Å². The van der Waals surface area contributed by atoms with Crippen LogP contribution in [0.2, 0.25) is 5.02 Å². The second kappa shape index (κ2) is 11.0. The zero-order valence-electron chi connectivity index (χ0n) is 18.8. The van der Waals surface area contributed by atoms with E-state index in [1.165, 1.54) is 0 Å². The quantitative estimate of drug-likeness (QED) is 0.272. The molecule has 1 unspecified atom stereocenters. The number of nitrogens with zero attached hydrogens (tertiary/aromatic N) is 1. The standard InChI is InChI=1S/C27H23ClN2O5/c28-22-14-7-6-13-21(22)25(32)29-23(18-9-2-1-3-10-18)17-24(31)35-16-8-15-30-26(33)19-11-4-5-12-20(19)27(30)34/h1-7,9-14,23H,8,15-17H2,(H,29,32). The SMILES string of the molecule is O=C(CC(NC(=O)c1ccccc1Cl)c1ccccc1)OCCCN1C(=O)c2ccccc2C1=O. The summed E-state index contributed by atoms with van der Waals surface area (Å²) in [5, 5.41) is 3.17. The Kier molecular flexibility index (Phi) is 7.57. The van der Waals surface area contributed by atoms with Crippen molar-refractivity contribution >= 4 is 35.3 Å². The maximum Gasteiger partial charge on any atom is 0.308 e. The Hall–Kier alpha value is -3.97. The van der Waals surface area contributed by atoms with Gasteiger partial charge < -0.3 is 10.1 Å². The smallest absolute Gasteiger partial charge is 0.308 e. The first-order chi connectivity index (χ1) is 17.0. The van der Waals surface area contributed by atoms with Crippen molar-refractivity contribution in [3.63, 3.8) is 0 Å². The molecular formula is C27H23ClN2O5. The van der Waals surface area contributed by atoms with Gasteiger partial charge in [-0.2, -0.15) is 0 Å². The van der Waals surface area contributed by atoms with Crippen LogP contribution in [0.15, 0.2) is 78.9 Å². The molecule has 4 rings (SSSR count). The van der Waals surface area contributed by atoms with E-state index in [0.29, 0.717) is 28.1 Å². The summed E-state index contributed by atoms with van der Waals surface area (Å²) in [7, 11) is 0. The van der Waals surface area contributed by atoms with Crippen molar-refractivity contribution in [2.45, 2.75) is 18.9 Å². The fourth-order valence-electron chi connectivity index (χ4n) is 3.90. The number of carbonyl (C=O) groups excluding carboxylic acids is 4. The highest BCUT2D eigenvalue weighted by Gasteiger charge is 2.34. The van der Waals surface area contributed by atoms with Crippen molar-refractivity contribution in [3.8, 4) is 0 Å². The van der Waals surface area contributed by atoms with E-state index >= 15 is 0 Å². The number of esters is 1. The van der Waals surface area contributed by atoms with Crippen LogP contribution < -0.4 is 5.32 Å². The number of carbonyl (C=O) groups is 4. The fourth-order valence-corrected chi connectivity index (χ4v) is 4.12. The number of hydrogen-bond acceptors (Lipinski definition) is 5. The van der Waals surface area contributed by atoms with Crippen molar-refractivity contribution in [1.29, 1.82) is 0 Å². The number of hydrogen-bond donors (Lipinski definition) is 1. The molecule has 0 bridgehead atoms. The molecule has 3 aromatic rings. The van der Waals surface area contributed by atoms with Gasteiger partial charge in [-0.25, -0.2) is 0 Å². The van der Waals surface area contributed by atoms with E-state index < -0.39 is 17.9 Å². The summed E-state index contributed by atoms with van der Waals surface area (Å²) in [5.74, 6) is -1.60. The van der Waals surface area contributed by atoms with Crippen molar-refractivity contribution in [2.75, 3.05) is 13.2 Å². The predicted molar refractivity (Wildman–Crippen MR) is 130 cm³/mol. The highest BCUT2D eigenvalue weighted by Crippen LogP contribution is 2.23. The third kappa shape index (κ3) is 5.58. The molecule has 0 fully saturated rings. The van der Waals surface area contributed by atoms with E-state index in [1.807, 2.05) is 30.3 Å². The zero-order valence-corrected chi connectivity index (χ0v) is 19.5. The third-order valence-electron chi connectivity index (χ3n) is 5.66. The van der Waals surface area contributed by atoms with Crippen molar-refractivity contribution in [1.82, 2.24) is 10.2 Å². The summed E-state index contributed by atoms with van der Waals surface area (Å²) in [4.78, 5) is 51.4. The molecule has 8 heteroatoms. The van der Waals surface area contributed by atoms with Crippen LogP contribution >= 0.6 is 11.6 Å². The van der Waals surface area contributed by atoms with Crippen LogP contribution in [0.3, 0.4) is 0 Å². The zero-order chi connectivity index (χ0) is 24.8. The second-order valence-corrected chi connectivity index (χ2v) is 8.41. The average Bonchev–Trinajstić information content (AvgIpc) is 3.11. The Balaban J connectivity index is 1.32. The van der Waals surface area contributed by atoms with Gasteiger partial charge >= 0.3 is 5.97 Å². The van der Waals surface area contributed by atoms with Gasteiger partial charge in [-0.1, -0.05) is 66.2 Å². The minimum Gasteiger partial charge on any atom is -0.466 e. The Morgan fingerprint density at radius 3 is 2.11 bits per heavy atom. The lowest BCUT2D eigenvalue weighted by atomic mass is 10.0. The highest BCUT2D eigenvalue weighted by molar-refractivity contribution is 6.33. The number of ether oxygens (including phenoxy) is 1. The first-order valence-electron chi connectivity index (χ1n) is 11.2. The number of imide groups is 1. The van der Waals surface area contributed by atoms with Gasteiger partial charge in [0.05, 0.1) is 40.8 Å². The van der Waals surface area contributed by atoms with Crippen LogP contribution in [0.1, 0.15) is 55.5 Å². The monoisotopic (exact) mass is 490 g/mol. The molecule has 1 aliphatic heterocycles. The van der Waals surface area contributed by atoms with E-state index in [4.69, 9.17) is 16.3 Å². The topological polar surface area (TPSA) is 92.8 Å². The molecule has 1 aliphatic rings. The van der Waals surface area contributed by atoms with Gasteiger partial charge in [0.1, 0.15) is 0 Å². The number of rotatable bonds is 9. The molecule has 0 spiro atoms. The maximum atomic E-state index is 12.8. The second-order valence-electron chi connectivity index (χ2n) is 8.00. The van der Waals surface area contributed by atoms with Gasteiger partial charge in [-0.3, -0.25) is 24.1 Å². The first-order valence-corrected chi connectivity index (χ1v) is 11.5. The Morgan fingerprint density at radius 1 is 0.857 bits per heavy atom. The van der Waals surface area contributed by atoms with Crippen LogP contribution in [0.5, 0.6) is 0 Å². The maximum absolute atomic E-state index is 12.8. The number of benzene rings is 3. The van der Waals surface area contributed by atoms with Gasteiger partial charge in [0.25, 0.3) is 17.7 Å². The van der Waals surface area contributed by atoms with Crippen molar-refractivity contribution < 1.29 is 23.9 Å². The molecule has 1 N–H and O–H groups in total. The summed E-state index contributed by atoms with van der Waals surface area (Å²) >= 11 is 6.14. The Morgan fingerprint density at radius 2 is 1.46 bits per heavy atom. The van der Waals surface area contributed by atoms with Gasteiger partial charge in [0, 0.05) is 6.54 Å². The van der Waals surface area contributed by atoms with Crippen molar-refractivity contribution in [3.05, 3.63) is 106 Å². The Labute approximate surface area is 207 Å². The lowest BCUT2D eigenvalue weighted by Crippen LogP contribution is -2.32. The molecule has 0 saturated heterocycles. The number of fused-ring (bicyclic) bond motifs is 1. The largest absolute Gasteiger partial charge is 0.466 e. The van der Waals surface area contributed by atoms with E-state index in [1.54, 1.807) is 48.5 Å². The molecule has 1 heterocycles. The summed E-state index contributed by atoms with van der Waals surface area (Å²) < 4.78 is 5.35. The highest BCUT2D eigenvalue weighted by atomic mass is 35.5. The summed E-state index contributed by atoms with van der Waals surface area (Å²) in [6.45, 7) is 0.178. The minimum atomic E-state index is -0.622. The number of nitrogens with one attached hydrogen (secondary N) is 1. The number of amides is 3. The van der Waals surface area contributed by atoms with Gasteiger partial charge in [-0.05, 0) is 36.2 Å². The van der Waals surface area contributed by atoms with Crippen LogP contribution in [-0.2, 0) is 9.53 Å². The van der Waals surface area contributed by atoms with Crippen LogP contribution in [0, 0.1) is 0 Å². The fraction of sp³-hybridized carbons (Fsp3) is 0.185. The van der Waals surface area contributed by atoms with Crippen LogP contribution in [0.25, 0.3) is 0 Å². The van der Waals surface area contributed by atoms with Gasteiger partial charge in [0.15, 0.2) is 0 Å². The third-order valence-corrected chi connectivity index (χ3v) is 5.99. The predicted octanol–water partition coefficient (Wildman–Crippen LogP) is 4.43.